The highest BCUT2D eigenvalue weighted by atomic mass is 32.2. The zero-order valence-corrected chi connectivity index (χ0v) is 20.0. The molecule has 1 fully saturated rings. The van der Waals surface area contributed by atoms with E-state index in [4.69, 9.17) is 0 Å². The van der Waals surface area contributed by atoms with Crippen LogP contribution in [0.4, 0.5) is 21.4 Å². The number of carbonyl (C=O) groups excluding carboxylic acids is 1. The second-order valence-corrected chi connectivity index (χ2v) is 11.5. The van der Waals surface area contributed by atoms with E-state index < -0.39 is 21.7 Å². The Kier molecular flexibility index (Phi) is 5.78. The van der Waals surface area contributed by atoms with E-state index in [0.29, 0.717) is 40.4 Å². The number of nitrogens with one attached hydrogen (secondary N) is 2. The predicted molar refractivity (Wildman–Crippen MR) is 127 cm³/mol. The third kappa shape index (κ3) is 4.64. The monoisotopic (exact) mass is 492 g/mol. The van der Waals surface area contributed by atoms with E-state index in [1.54, 1.807) is 44.4 Å². The first-order valence-corrected chi connectivity index (χ1v) is 12.7. The maximum Gasteiger partial charge on any atom is 0.414 e. The van der Waals surface area contributed by atoms with E-state index in [1.807, 2.05) is 0 Å². The van der Waals surface area contributed by atoms with Crippen LogP contribution in [0, 0.1) is 0 Å². The number of nitrogens with zero attached hydrogens (tertiary/aromatic N) is 4. The van der Waals surface area contributed by atoms with E-state index in [2.05, 4.69) is 20.5 Å². The fourth-order valence-electron chi connectivity index (χ4n) is 3.66. The molecule has 3 aromatic rings. The Morgan fingerprint density at radius 1 is 1.33 bits per heavy atom. The minimum absolute atomic E-state index is 0.0668. The fraction of sp³-hybridized carbons (Fsp3) is 0.400. The lowest BCUT2D eigenvalue weighted by molar-refractivity contribution is -0.115. The Bertz CT molecular complexity index is 1320. The van der Waals surface area contributed by atoms with E-state index >= 15 is 0 Å². The molecule has 2 aromatic heterocycles. The molecule has 1 aliphatic rings. The van der Waals surface area contributed by atoms with Gasteiger partial charge >= 0.3 is 6.09 Å². The Balaban J connectivity index is 1.51. The molecule has 0 bridgehead atoms. The smallest absolute Gasteiger partial charge is 0.414 e. The van der Waals surface area contributed by atoms with E-state index in [1.165, 1.54) is 4.31 Å². The SMILES string of the molecule is CC(C)(C)N(C(=O)O)c1nc(CC(=O)Nc2n[nH]c3ccc(N4CCCS4(=O)=O)cc23)cs1. The lowest BCUT2D eigenvalue weighted by atomic mass is 10.1. The van der Waals surface area contributed by atoms with Crippen molar-refractivity contribution in [2.24, 2.45) is 0 Å². The first-order valence-electron chi connectivity index (χ1n) is 10.2. The highest BCUT2D eigenvalue weighted by Crippen LogP contribution is 2.31. The number of benzene rings is 1. The molecule has 3 heterocycles. The standard InChI is InChI=1S/C20H24N6O5S2/c1-20(2,3)26(19(28)29)18-21-12(11-32-18)9-16(27)22-17-14-10-13(5-6-15(14)23-24-17)25-7-4-8-33(25,30)31/h5-6,10-11H,4,7-9H2,1-3H3,(H,28,29)(H2,22,23,24,27). The van der Waals surface area contributed by atoms with E-state index in [-0.39, 0.29) is 23.9 Å². The molecule has 0 atom stereocenters. The molecule has 3 N–H and O–H groups in total. The lowest BCUT2D eigenvalue weighted by Crippen LogP contribution is -2.45. The summed E-state index contributed by atoms with van der Waals surface area (Å²) in [6, 6.07) is 5.11. The second kappa shape index (κ2) is 8.30. The topological polar surface area (TPSA) is 149 Å². The van der Waals surface area contributed by atoms with Crippen molar-refractivity contribution in [3.63, 3.8) is 0 Å². The van der Waals surface area contributed by atoms with Gasteiger partial charge in [-0.05, 0) is 45.4 Å². The van der Waals surface area contributed by atoms with Crippen LogP contribution in [0.3, 0.4) is 0 Å². The van der Waals surface area contributed by atoms with Gasteiger partial charge in [-0.3, -0.25) is 14.2 Å². The molecule has 0 aliphatic carbocycles. The van der Waals surface area contributed by atoms with E-state index in [9.17, 15) is 23.1 Å². The largest absolute Gasteiger partial charge is 0.465 e. The van der Waals surface area contributed by atoms with Crippen molar-refractivity contribution in [2.45, 2.75) is 39.2 Å². The summed E-state index contributed by atoms with van der Waals surface area (Å²) in [6.07, 6.45) is -0.617. The van der Waals surface area contributed by atoms with Crippen LogP contribution in [0.15, 0.2) is 23.6 Å². The van der Waals surface area contributed by atoms with Crippen molar-refractivity contribution in [1.29, 1.82) is 0 Å². The normalized spacial score (nSPS) is 15.7. The van der Waals surface area contributed by atoms with Gasteiger partial charge in [-0.15, -0.1) is 11.3 Å². The first kappa shape index (κ1) is 23.0. The Hall–Kier alpha value is -3.19. The summed E-state index contributed by atoms with van der Waals surface area (Å²) in [7, 11) is -3.33. The van der Waals surface area contributed by atoms with Gasteiger partial charge in [0.2, 0.25) is 15.9 Å². The van der Waals surface area contributed by atoms with Crippen LogP contribution in [-0.4, -0.2) is 58.5 Å². The third-order valence-corrected chi connectivity index (χ3v) is 7.87. The number of sulfonamides is 1. The minimum atomic E-state index is -3.33. The number of aromatic nitrogens is 3. The summed E-state index contributed by atoms with van der Waals surface area (Å²) < 4.78 is 25.9. The molecular formula is C20H24N6O5S2. The average molecular weight is 493 g/mol. The van der Waals surface area contributed by atoms with Gasteiger partial charge in [0.25, 0.3) is 0 Å². The summed E-state index contributed by atoms with van der Waals surface area (Å²) in [4.78, 5) is 29.8. The van der Waals surface area contributed by atoms with Gasteiger partial charge in [0.1, 0.15) is 0 Å². The Morgan fingerprint density at radius 2 is 2.09 bits per heavy atom. The highest BCUT2D eigenvalue weighted by molar-refractivity contribution is 7.93. The van der Waals surface area contributed by atoms with Crippen molar-refractivity contribution in [3.8, 4) is 0 Å². The van der Waals surface area contributed by atoms with Crippen molar-refractivity contribution in [2.75, 3.05) is 26.8 Å². The van der Waals surface area contributed by atoms with Crippen LogP contribution in [0.1, 0.15) is 32.9 Å². The molecule has 0 unspecified atom stereocenters. The van der Waals surface area contributed by atoms with Crippen LogP contribution in [0.2, 0.25) is 0 Å². The van der Waals surface area contributed by atoms with Crippen molar-refractivity contribution < 1.29 is 23.1 Å². The van der Waals surface area contributed by atoms with Crippen molar-refractivity contribution in [3.05, 3.63) is 29.3 Å². The number of thiazole rings is 1. The quantitative estimate of drug-likeness (QED) is 0.496. The Morgan fingerprint density at radius 3 is 2.73 bits per heavy atom. The number of H-pyrrole nitrogens is 1. The molecule has 33 heavy (non-hydrogen) atoms. The van der Waals surface area contributed by atoms with Gasteiger partial charge in [-0.25, -0.2) is 23.1 Å². The molecule has 1 aliphatic heterocycles. The highest BCUT2D eigenvalue weighted by Gasteiger charge is 2.31. The van der Waals surface area contributed by atoms with Gasteiger partial charge in [-0.1, -0.05) is 0 Å². The number of aromatic amines is 1. The molecule has 176 valence electrons. The van der Waals surface area contributed by atoms with Gasteiger partial charge in [0, 0.05) is 22.8 Å². The summed E-state index contributed by atoms with van der Waals surface area (Å²) >= 11 is 1.15. The number of fused-ring (bicyclic) bond motifs is 1. The van der Waals surface area contributed by atoms with Gasteiger partial charge in [0.05, 0.1) is 29.1 Å². The van der Waals surface area contributed by atoms with Gasteiger partial charge < -0.3 is 10.4 Å². The van der Waals surface area contributed by atoms with Crippen molar-refractivity contribution in [1.82, 2.24) is 15.2 Å². The zero-order chi connectivity index (χ0) is 24.0. The maximum absolute atomic E-state index is 12.6. The van der Waals surface area contributed by atoms with Crippen LogP contribution in [0.25, 0.3) is 10.9 Å². The molecule has 13 heteroatoms. The fourth-order valence-corrected chi connectivity index (χ4v) is 6.22. The molecule has 4 rings (SSSR count). The minimum Gasteiger partial charge on any atom is -0.465 e. The number of carboxylic acid groups (broad SMARTS) is 1. The number of carbonyl (C=O) groups is 2. The van der Waals surface area contributed by atoms with Crippen LogP contribution < -0.4 is 14.5 Å². The molecule has 1 aromatic carbocycles. The maximum atomic E-state index is 12.6. The molecule has 0 spiro atoms. The number of hydrogen-bond acceptors (Lipinski definition) is 7. The van der Waals surface area contributed by atoms with Crippen LogP contribution in [0.5, 0.6) is 0 Å². The number of amides is 2. The summed E-state index contributed by atoms with van der Waals surface area (Å²) in [5, 5.41) is 21.7. The molecule has 2 amide bonds. The second-order valence-electron chi connectivity index (χ2n) is 8.68. The van der Waals surface area contributed by atoms with Crippen molar-refractivity contribution >= 4 is 60.9 Å². The molecule has 0 radical (unpaired) electrons. The van der Waals surface area contributed by atoms with Crippen LogP contribution in [-0.2, 0) is 21.2 Å². The molecule has 0 saturated carbocycles. The number of rotatable bonds is 5. The lowest BCUT2D eigenvalue weighted by Gasteiger charge is -2.30. The summed E-state index contributed by atoms with van der Waals surface area (Å²) in [5.41, 5.74) is 0.935. The summed E-state index contributed by atoms with van der Waals surface area (Å²) in [6.45, 7) is 5.71. The molecule has 1 saturated heterocycles. The first-order chi connectivity index (χ1) is 15.5. The molecular weight excluding hydrogens is 468 g/mol. The predicted octanol–water partition coefficient (Wildman–Crippen LogP) is 3.02. The third-order valence-electron chi connectivity index (χ3n) is 5.13. The zero-order valence-electron chi connectivity index (χ0n) is 18.3. The number of hydrogen-bond donors (Lipinski definition) is 3. The molecule has 11 nitrogen and oxygen atoms in total. The van der Waals surface area contributed by atoms with Gasteiger partial charge in [0.15, 0.2) is 10.9 Å². The summed E-state index contributed by atoms with van der Waals surface area (Å²) in [5.74, 6) is 0.0206. The van der Waals surface area contributed by atoms with Crippen LogP contribution >= 0.6 is 11.3 Å². The Labute approximate surface area is 194 Å². The van der Waals surface area contributed by atoms with Gasteiger partial charge in [-0.2, -0.15) is 5.10 Å². The number of anilines is 3. The van der Waals surface area contributed by atoms with E-state index in [0.717, 1.165) is 16.2 Å². The average Bonchev–Trinajstić information content (AvgIpc) is 3.39.